The highest BCUT2D eigenvalue weighted by molar-refractivity contribution is 6.33. The molecule has 0 spiro atoms. The molecule has 0 saturated heterocycles. The molecule has 8 heteroatoms. The Morgan fingerprint density at radius 1 is 0.500 bits per heavy atom. The van der Waals surface area contributed by atoms with E-state index in [-0.39, 0.29) is 23.6 Å². The summed E-state index contributed by atoms with van der Waals surface area (Å²) in [6.45, 7) is 15.0. The number of rotatable bonds is 14. The van der Waals surface area contributed by atoms with Crippen molar-refractivity contribution in [3.05, 3.63) is 46.5 Å². The highest BCUT2D eigenvalue weighted by Gasteiger charge is 2.39. The Labute approximate surface area is 225 Å². The van der Waals surface area contributed by atoms with Gasteiger partial charge in [0.25, 0.3) is 23.6 Å². The fraction of sp³-hybridized carbons (Fsp3) is 0.533. The molecule has 0 bridgehead atoms. The second-order valence-electron chi connectivity index (χ2n) is 10.1. The Balaban J connectivity index is 1.54. The molecule has 2 aliphatic rings. The standard InChI is InChI=1S/C30H40N4O4/c1-5-31(6-2)17-9-11-19-33-27(35)21-13-15-23-26-24(16-14-22(25(21)26)28(33)36)30(38)34(29(23)37)20-12-10-18-32(7-3)8-4/h13-16H,5-12,17-20H2,1-4H3. The first-order valence-corrected chi connectivity index (χ1v) is 14.1. The number of hydrogen-bond donors (Lipinski definition) is 0. The zero-order valence-corrected chi connectivity index (χ0v) is 23.2. The lowest BCUT2D eigenvalue weighted by Crippen LogP contribution is -2.44. The zero-order chi connectivity index (χ0) is 27.4. The molecule has 0 aromatic heterocycles. The minimum atomic E-state index is -0.354. The molecule has 4 amide bonds. The van der Waals surface area contributed by atoms with Gasteiger partial charge in [0, 0.05) is 46.1 Å². The van der Waals surface area contributed by atoms with Crippen LogP contribution in [0, 0.1) is 0 Å². The van der Waals surface area contributed by atoms with E-state index in [1.165, 1.54) is 9.80 Å². The summed E-state index contributed by atoms with van der Waals surface area (Å²) >= 11 is 0. The van der Waals surface area contributed by atoms with Crippen molar-refractivity contribution < 1.29 is 19.2 Å². The number of benzene rings is 2. The summed E-state index contributed by atoms with van der Waals surface area (Å²) in [5, 5.41) is 0.884. The van der Waals surface area contributed by atoms with Gasteiger partial charge in [0.15, 0.2) is 0 Å². The Bertz CT molecular complexity index is 1070. The van der Waals surface area contributed by atoms with Crippen LogP contribution in [0.25, 0.3) is 10.8 Å². The molecule has 0 atom stereocenters. The van der Waals surface area contributed by atoms with Crippen molar-refractivity contribution in [1.29, 1.82) is 0 Å². The first-order valence-electron chi connectivity index (χ1n) is 14.1. The van der Waals surface area contributed by atoms with Gasteiger partial charge in [-0.3, -0.25) is 29.0 Å². The molecule has 2 aliphatic heterocycles. The third kappa shape index (κ3) is 5.12. The quantitative estimate of drug-likeness (QED) is 0.273. The lowest BCUT2D eigenvalue weighted by Gasteiger charge is -2.32. The molecule has 2 aromatic carbocycles. The van der Waals surface area contributed by atoms with Gasteiger partial charge in [-0.1, -0.05) is 27.7 Å². The van der Waals surface area contributed by atoms with Gasteiger partial charge in [-0.2, -0.15) is 0 Å². The average Bonchev–Trinajstić information content (AvgIpc) is 2.93. The Kier molecular flexibility index (Phi) is 8.95. The van der Waals surface area contributed by atoms with Crippen LogP contribution in [-0.2, 0) is 0 Å². The van der Waals surface area contributed by atoms with Crippen molar-refractivity contribution in [2.75, 3.05) is 52.4 Å². The second-order valence-corrected chi connectivity index (χ2v) is 10.1. The molecule has 4 rings (SSSR count). The summed E-state index contributed by atoms with van der Waals surface area (Å²) in [6, 6.07) is 6.59. The number of hydrogen-bond acceptors (Lipinski definition) is 6. The Hall–Kier alpha value is -3.10. The van der Waals surface area contributed by atoms with Crippen LogP contribution in [0.3, 0.4) is 0 Å². The molecular weight excluding hydrogens is 480 g/mol. The molecule has 0 fully saturated rings. The van der Waals surface area contributed by atoms with Gasteiger partial charge >= 0.3 is 0 Å². The van der Waals surface area contributed by atoms with Gasteiger partial charge in [-0.15, -0.1) is 0 Å². The number of amides is 4. The predicted molar refractivity (Wildman–Crippen MR) is 149 cm³/mol. The summed E-state index contributed by atoms with van der Waals surface area (Å²) in [7, 11) is 0. The second kappa shape index (κ2) is 12.2. The third-order valence-corrected chi connectivity index (χ3v) is 8.06. The van der Waals surface area contributed by atoms with E-state index in [1.54, 1.807) is 24.3 Å². The fourth-order valence-electron chi connectivity index (χ4n) is 5.67. The predicted octanol–water partition coefficient (Wildman–Crippen LogP) is 4.28. The van der Waals surface area contributed by atoms with Crippen LogP contribution in [0.1, 0.15) is 94.8 Å². The number of imide groups is 2. The topological polar surface area (TPSA) is 81.2 Å². The molecule has 2 aromatic rings. The van der Waals surface area contributed by atoms with E-state index in [9.17, 15) is 19.2 Å². The van der Waals surface area contributed by atoms with Crippen LogP contribution in [-0.4, -0.2) is 95.6 Å². The molecule has 38 heavy (non-hydrogen) atoms. The molecule has 0 aliphatic carbocycles. The SMILES string of the molecule is CCN(CC)CCCCN1C(=O)c2ccc3c4c(ccc(c24)C1=O)C(=O)N(CCCCN(CC)CC)C3=O. The van der Waals surface area contributed by atoms with Crippen LogP contribution in [0.2, 0.25) is 0 Å². The summed E-state index contributed by atoms with van der Waals surface area (Å²) in [5.74, 6) is -1.42. The minimum Gasteiger partial charge on any atom is -0.304 e. The van der Waals surface area contributed by atoms with Crippen LogP contribution in [0.15, 0.2) is 24.3 Å². The molecule has 2 heterocycles. The lowest BCUT2D eigenvalue weighted by atomic mass is 9.86. The van der Waals surface area contributed by atoms with Crippen LogP contribution in [0.4, 0.5) is 0 Å². The number of carbonyl (C=O) groups excluding carboxylic acids is 4. The van der Waals surface area contributed by atoms with E-state index in [0.717, 1.165) is 65.0 Å². The average molecular weight is 521 g/mol. The molecule has 0 unspecified atom stereocenters. The lowest BCUT2D eigenvalue weighted by molar-refractivity contribution is 0.0585. The summed E-state index contributed by atoms with van der Waals surface area (Å²) in [4.78, 5) is 60.9. The van der Waals surface area contributed by atoms with Crippen molar-refractivity contribution in [2.24, 2.45) is 0 Å². The first-order chi connectivity index (χ1) is 18.4. The Morgan fingerprint density at radius 3 is 1.05 bits per heavy atom. The fourth-order valence-corrected chi connectivity index (χ4v) is 5.67. The number of nitrogens with zero attached hydrogens (tertiary/aromatic N) is 4. The van der Waals surface area contributed by atoms with Crippen LogP contribution in [0.5, 0.6) is 0 Å². The molecule has 204 valence electrons. The molecule has 0 radical (unpaired) electrons. The minimum absolute atomic E-state index is 0.350. The largest absolute Gasteiger partial charge is 0.304 e. The van der Waals surface area contributed by atoms with E-state index < -0.39 is 0 Å². The van der Waals surface area contributed by atoms with E-state index in [0.29, 0.717) is 46.1 Å². The van der Waals surface area contributed by atoms with Crippen molar-refractivity contribution in [3.8, 4) is 0 Å². The smallest absolute Gasteiger partial charge is 0.261 e. The van der Waals surface area contributed by atoms with Gasteiger partial charge in [0.2, 0.25) is 0 Å². The van der Waals surface area contributed by atoms with Gasteiger partial charge in [0.05, 0.1) is 0 Å². The Morgan fingerprint density at radius 2 is 0.789 bits per heavy atom. The van der Waals surface area contributed by atoms with Gasteiger partial charge in [-0.25, -0.2) is 0 Å². The zero-order valence-electron chi connectivity index (χ0n) is 23.2. The van der Waals surface area contributed by atoms with Gasteiger partial charge in [0.1, 0.15) is 0 Å². The molecule has 8 nitrogen and oxygen atoms in total. The third-order valence-electron chi connectivity index (χ3n) is 8.06. The molecule has 0 saturated carbocycles. The van der Waals surface area contributed by atoms with Gasteiger partial charge in [-0.05, 0) is 89.2 Å². The van der Waals surface area contributed by atoms with E-state index in [4.69, 9.17) is 0 Å². The number of unbranched alkanes of at least 4 members (excludes halogenated alkanes) is 2. The van der Waals surface area contributed by atoms with Crippen LogP contribution >= 0.6 is 0 Å². The summed E-state index contributed by atoms with van der Waals surface area (Å²) in [6.07, 6.45) is 3.24. The monoisotopic (exact) mass is 520 g/mol. The molecule has 0 N–H and O–H groups in total. The highest BCUT2D eigenvalue weighted by Crippen LogP contribution is 2.38. The maximum atomic E-state index is 13.4. The van der Waals surface area contributed by atoms with E-state index in [2.05, 4.69) is 37.5 Å². The molecular formula is C30H40N4O4. The summed E-state index contributed by atoms with van der Waals surface area (Å²) < 4.78 is 0. The maximum absolute atomic E-state index is 13.4. The van der Waals surface area contributed by atoms with Crippen molar-refractivity contribution in [2.45, 2.75) is 53.4 Å². The highest BCUT2D eigenvalue weighted by atomic mass is 16.2. The number of carbonyl (C=O) groups is 4. The first kappa shape index (κ1) is 27.9. The van der Waals surface area contributed by atoms with Crippen molar-refractivity contribution >= 4 is 34.4 Å². The van der Waals surface area contributed by atoms with E-state index in [1.807, 2.05) is 0 Å². The normalized spacial score (nSPS) is 15.1. The summed E-state index contributed by atoms with van der Waals surface area (Å²) in [5.41, 5.74) is 1.55. The van der Waals surface area contributed by atoms with Gasteiger partial charge < -0.3 is 9.80 Å². The maximum Gasteiger partial charge on any atom is 0.261 e. The van der Waals surface area contributed by atoms with Crippen molar-refractivity contribution in [1.82, 2.24) is 19.6 Å². The van der Waals surface area contributed by atoms with E-state index >= 15 is 0 Å². The van der Waals surface area contributed by atoms with Crippen molar-refractivity contribution in [3.63, 3.8) is 0 Å². The van der Waals surface area contributed by atoms with Crippen LogP contribution < -0.4 is 0 Å².